The summed E-state index contributed by atoms with van der Waals surface area (Å²) in [5.41, 5.74) is -0.140. The van der Waals surface area contributed by atoms with Crippen LogP contribution in [0.3, 0.4) is 0 Å². The standard InChI is InChI=1S/C29H45FN6O5/c1-29(2,3)41-28(40)31-23-12-14-36(26-22(30)9-7-10-24(26)33(6)27(23)39)20-21(37)19-34-15-17-35(18-16-34)25(38)11-8-13-32(4)5/h7-11,21,23,37H,12-20H2,1-6H3,(H,31,40)/b11-8+/t21?,23-/m0/s1. The number of para-hydroxylation sites is 1. The maximum Gasteiger partial charge on any atom is 0.408 e. The zero-order valence-corrected chi connectivity index (χ0v) is 25.1. The molecule has 2 aliphatic heterocycles. The average molecular weight is 577 g/mol. The largest absolute Gasteiger partial charge is 0.444 e. The summed E-state index contributed by atoms with van der Waals surface area (Å²) in [6.45, 7) is 8.98. The molecule has 0 aromatic heterocycles. The molecule has 0 spiro atoms. The van der Waals surface area contributed by atoms with Gasteiger partial charge in [0.05, 0.1) is 17.5 Å². The quantitative estimate of drug-likeness (QED) is 0.449. The molecule has 2 atom stereocenters. The number of β-amino-alcohol motifs (C(OH)–C–C–N with tert-alkyl or cyclic N) is 1. The second-order valence-corrected chi connectivity index (χ2v) is 11.9. The van der Waals surface area contributed by atoms with Gasteiger partial charge in [0.2, 0.25) is 11.8 Å². The third kappa shape index (κ3) is 9.40. The Bertz CT molecular complexity index is 1100. The monoisotopic (exact) mass is 576 g/mol. The van der Waals surface area contributed by atoms with E-state index in [0.717, 1.165) is 0 Å². The number of ether oxygens (including phenoxy) is 1. The van der Waals surface area contributed by atoms with Crippen LogP contribution >= 0.6 is 0 Å². The number of amides is 3. The summed E-state index contributed by atoms with van der Waals surface area (Å²) in [4.78, 5) is 47.1. The zero-order valence-electron chi connectivity index (χ0n) is 25.1. The highest BCUT2D eigenvalue weighted by atomic mass is 19.1. The van der Waals surface area contributed by atoms with Crippen molar-refractivity contribution in [3.8, 4) is 0 Å². The molecule has 0 radical (unpaired) electrons. The third-order valence-corrected chi connectivity index (χ3v) is 6.97. The summed E-state index contributed by atoms with van der Waals surface area (Å²) >= 11 is 0. The van der Waals surface area contributed by atoms with Gasteiger partial charge in [-0.15, -0.1) is 0 Å². The predicted molar refractivity (Wildman–Crippen MR) is 157 cm³/mol. The first kappa shape index (κ1) is 32.3. The normalized spacial score (nSPS) is 19.7. The number of fused-ring (bicyclic) bond motifs is 1. The number of nitrogens with zero attached hydrogens (tertiary/aromatic N) is 5. The fraction of sp³-hybridized carbons (Fsp3) is 0.621. The molecule has 0 bridgehead atoms. The minimum absolute atomic E-state index is 0.0204. The average Bonchev–Trinajstić information content (AvgIpc) is 2.88. The lowest BCUT2D eigenvalue weighted by atomic mass is 10.1. The zero-order chi connectivity index (χ0) is 30.3. The van der Waals surface area contributed by atoms with Crippen molar-refractivity contribution in [2.24, 2.45) is 0 Å². The second-order valence-electron chi connectivity index (χ2n) is 11.9. The molecule has 41 heavy (non-hydrogen) atoms. The number of likely N-dealkylation sites (N-methyl/N-ethyl adjacent to an activating group) is 2. The highest BCUT2D eigenvalue weighted by molar-refractivity contribution is 6.01. The van der Waals surface area contributed by atoms with Gasteiger partial charge in [-0.05, 0) is 53.4 Å². The van der Waals surface area contributed by atoms with Crippen molar-refractivity contribution >= 4 is 29.3 Å². The van der Waals surface area contributed by atoms with Crippen LogP contribution in [-0.4, -0.2) is 129 Å². The van der Waals surface area contributed by atoms with Crippen molar-refractivity contribution in [2.45, 2.75) is 44.9 Å². The van der Waals surface area contributed by atoms with Crippen LogP contribution in [0.2, 0.25) is 0 Å². The minimum atomic E-state index is -0.886. The van der Waals surface area contributed by atoms with E-state index in [-0.39, 0.29) is 37.0 Å². The number of aliphatic hydroxyl groups excluding tert-OH is 1. The molecule has 1 saturated heterocycles. The second kappa shape index (κ2) is 14.1. The van der Waals surface area contributed by atoms with E-state index < -0.39 is 29.7 Å². The Hall–Kier alpha value is -3.22. The first-order chi connectivity index (χ1) is 19.2. The van der Waals surface area contributed by atoms with Gasteiger partial charge in [-0.3, -0.25) is 14.5 Å². The summed E-state index contributed by atoms with van der Waals surface area (Å²) in [6, 6.07) is 3.62. The Balaban J connectivity index is 1.66. The maximum absolute atomic E-state index is 15.2. The molecule has 0 saturated carbocycles. The van der Waals surface area contributed by atoms with Crippen LogP contribution in [0.15, 0.2) is 30.4 Å². The fourth-order valence-electron chi connectivity index (χ4n) is 4.96. The first-order valence-corrected chi connectivity index (χ1v) is 14.1. The molecule has 0 aliphatic carbocycles. The Labute approximate surface area is 242 Å². The van der Waals surface area contributed by atoms with Crippen LogP contribution in [0.25, 0.3) is 0 Å². The summed E-state index contributed by atoms with van der Waals surface area (Å²) in [5, 5.41) is 13.7. The molecule has 1 fully saturated rings. The van der Waals surface area contributed by atoms with Gasteiger partial charge in [0.25, 0.3) is 0 Å². The smallest absolute Gasteiger partial charge is 0.408 e. The van der Waals surface area contributed by atoms with Crippen LogP contribution in [-0.2, 0) is 14.3 Å². The number of rotatable bonds is 8. The van der Waals surface area contributed by atoms with Crippen molar-refractivity contribution in [3.63, 3.8) is 0 Å². The number of anilines is 2. The lowest BCUT2D eigenvalue weighted by Gasteiger charge is -2.38. The lowest BCUT2D eigenvalue weighted by molar-refractivity contribution is -0.127. The van der Waals surface area contributed by atoms with Crippen LogP contribution in [0.1, 0.15) is 27.2 Å². The molecular weight excluding hydrogens is 531 g/mol. The molecule has 2 aliphatic rings. The molecule has 1 aromatic rings. The van der Waals surface area contributed by atoms with Crippen molar-refractivity contribution < 1.29 is 28.6 Å². The van der Waals surface area contributed by atoms with E-state index in [1.807, 2.05) is 25.1 Å². The molecule has 11 nitrogen and oxygen atoms in total. The summed E-state index contributed by atoms with van der Waals surface area (Å²) in [5.74, 6) is -0.901. The molecule has 1 aromatic carbocycles. The Morgan fingerprint density at radius 2 is 1.85 bits per heavy atom. The molecule has 3 amide bonds. The Morgan fingerprint density at radius 1 is 1.17 bits per heavy atom. The van der Waals surface area contributed by atoms with E-state index >= 15 is 4.39 Å². The summed E-state index contributed by atoms with van der Waals surface area (Å²) < 4.78 is 20.5. The summed E-state index contributed by atoms with van der Waals surface area (Å²) in [6.07, 6.45) is 2.12. The lowest BCUT2D eigenvalue weighted by Crippen LogP contribution is -2.53. The molecular formula is C29H45FN6O5. The summed E-state index contributed by atoms with van der Waals surface area (Å²) in [7, 11) is 5.42. The van der Waals surface area contributed by atoms with Crippen LogP contribution in [0.5, 0.6) is 0 Å². The van der Waals surface area contributed by atoms with Crippen LogP contribution < -0.4 is 15.1 Å². The third-order valence-electron chi connectivity index (χ3n) is 6.97. The first-order valence-electron chi connectivity index (χ1n) is 14.1. The van der Waals surface area contributed by atoms with E-state index in [9.17, 15) is 19.5 Å². The topological polar surface area (TPSA) is 109 Å². The predicted octanol–water partition coefficient (Wildman–Crippen LogP) is 1.51. The fourth-order valence-corrected chi connectivity index (χ4v) is 4.96. The Morgan fingerprint density at radius 3 is 2.49 bits per heavy atom. The molecule has 1 unspecified atom stereocenters. The number of halogens is 1. The Kier molecular flexibility index (Phi) is 11.1. The number of piperazine rings is 1. The van der Waals surface area contributed by atoms with Crippen molar-refractivity contribution in [3.05, 3.63) is 36.2 Å². The maximum atomic E-state index is 15.2. The van der Waals surface area contributed by atoms with Gasteiger partial charge in [0, 0.05) is 65.5 Å². The highest BCUT2D eigenvalue weighted by Gasteiger charge is 2.33. The number of carbonyl (C=O) groups is 3. The van der Waals surface area contributed by atoms with Gasteiger partial charge in [-0.25, -0.2) is 9.18 Å². The van der Waals surface area contributed by atoms with Gasteiger partial charge in [0.1, 0.15) is 17.5 Å². The van der Waals surface area contributed by atoms with E-state index in [4.69, 9.17) is 4.74 Å². The SMILES string of the molecule is CN(C)C/C=C/C(=O)N1CCN(CC(O)CN2CC[C@H](NC(=O)OC(C)(C)C)C(=O)N(C)c3cccc(F)c32)CC1. The number of hydrogen-bond donors (Lipinski definition) is 2. The number of aliphatic hydroxyl groups is 1. The number of hydrogen-bond acceptors (Lipinski definition) is 8. The number of alkyl carbamates (subject to hydrolysis) is 1. The molecule has 12 heteroatoms. The molecule has 2 N–H and O–H groups in total. The van der Waals surface area contributed by atoms with Gasteiger partial charge < -0.3 is 34.8 Å². The molecule has 2 heterocycles. The number of carbonyl (C=O) groups excluding carboxylic acids is 3. The van der Waals surface area contributed by atoms with E-state index in [1.165, 1.54) is 17.0 Å². The van der Waals surface area contributed by atoms with E-state index in [0.29, 0.717) is 45.0 Å². The van der Waals surface area contributed by atoms with E-state index in [1.54, 1.807) is 49.8 Å². The van der Waals surface area contributed by atoms with Gasteiger partial charge in [0.15, 0.2) is 0 Å². The van der Waals surface area contributed by atoms with E-state index in [2.05, 4.69) is 10.2 Å². The van der Waals surface area contributed by atoms with Crippen LogP contribution in [0, 0.1) is 5.82 Å². The van der Waals surface area contributed by atoms with Crippen molar-refractivity contribution in [1.29, 1.82) is 0 Å². The number of nitrogens with one attached hydrogen (secondary N) is 1. The van der Waals surface area contributed by atoms with Crippen molar-refractivity contribution in [1.82, 2.24) is 20.0 Å². The van der Waals surface area contributed by atoms with Crippen molar-refractivity contribution in [2.75, 3.05) is 83.3 Å². The highest BCUT2D eigenvalue weighted by Crippen LogP contribution is 2.34. The van der Waals surface area contributed by atoms with Gasteiger partial charge >= 0.3 is 6.09 Å². The van der Waals surface area contributed by atoms with Crippen LogP contribution in [0.4, 0.5) is 20.6 Å². The van der Waals surface area contributed by atoms with Gasteiger partial charge in [-0.1, -0.05) is 12.1 Å². The molecule has 228 valence electrons. The minimum Gasteiger partial charge on any atom is -0.444 e. The molecule has 3 rings (SSSR count). The number of benzene rings is 1. The van der Waals surface area contributed by atoms with Gasteiger partial charge in [-0.2, -0.15) is 0 Å².